The first-order chi connectivity index (χ1) is 17.0. The predicted octanol–water partition coefficient (Wildman–Crippen LogP) is 3.98. The van der Waals surface area contributed by atoms with Crippen LogP contribution in [-0.4, -0.2) is 38.5 Å². The normalized spacial score (nSPS) is 11.7. The van der Waals surface area contributed by atoms with Gasteiger partial charge in [-0.25, -0.2) is 19.9 Å². The molecule has 0 amide bonds. The van der Waals surface area contributed by atoms with Gasteiger partial charge in [-0.2, -0.15) is 4.52 Å². The lowest BCUT2D eigenvalue weighted by molar-refractivity contribution is 0.650. The van der Waals surface area contributed by atoms with Crippen molar-refractivity contribution in [3.63, 3.8) is 0 Å². The Morgan fingerprint density at radius 3 is 2.83 bits per heavy atom. The first-order valence-corrected chi connectivity index (χ1v) is 12.3. The summed E-state index contributed by atoms with van der Waals surface area (Å²) in [5, 5.41) is 6.88. The SMILES string of the molecule is Cc1cncn1CCc1nc2c3ccccc3nc(SCc3cc(=O)n4cc(Cl)ccc4n3)n2n1. The van der Waals surface area contributed by atoms with Crippen LogP contribution in [0.3, 0.4) is 0 Å². The van der Waals surface area contributed by atoms with E-state index in [0.717, 1.165) is 34.6 Å². The molecule has 174 valence electrons. The van der Waals surface area contributed by atoms with E-state index < -0.39 is 0 Å². The number of nitrogens with zero attached hydrogens (tertiary/aromatic N) is 8. The summed E-state index contributed by atoms with van der Waals surface area (Å²) in [6.07, 6.45) is 5.89. The Morgan fingerprint density at radius 1 is 1.09 bits per heavy atom. The average molecular weight is 503 g/mol. The van der Waals surface area contributed by atoms with E-state index in [9.17, 15) is 4.79 Å². The number of aryl methyl sites for hydroxylation is 3. The fourth-order valence-electron chi connectivity index (χ4n) is 3.95. The summed E-state index contributed by atoms with van der Waals surface area (Å²) in [6.45, 7) is 2.77. The summed E-state index contributed by atoms with van der Waals surface area (Å²) in [5.41, 5.74) is 3.72. The third-order valence-electron chi connectivity index (χ3n) is 5.72. The molecule has 0 radical (unpaired) electrons. The number of para-hydroxylation sites is 1. The number of hydrogen-bond donors (Lipinski definition) is 0. The van der Waals surface area contributed by atoms with Gasteiger partial charge >= 0.3 is 0 Å². The highest BCUT2D eigenvalue weighted by Gasteiger charge is 2.15. The summed E-state index contributed by atoms with van der Waals surface area (Å²) in [6, 6.07) is 12.9. The van der Waals surface area contributed by atoms with Gasteiger partial charge in [0, 0.05) is 48.3 Å². The molecule has 0 spiro atoms. The lowest BCUT2D eigenvalue weighted by Crippen LogP contribution is -2.15. The Morgan fingerprint density at radius 2 is 1.97 bits per heavy atom. The maximum absolute atomic E-state index is 12.6. The molecule has 5 heterocycles. The molecule has 6 rings (SSSR count). The molecule has 0 fully saturated rings. The Bertz CT molecular complexity index is 1770. The predicted molar refractivity (Wildman–Crippen MR) is 135 cm³/mol. The fourth-order valence-corrected chi connectivity index (χ4v) is 4.95. The summed E-state index contributed by atoms with van der Waals surface area (Å²) < 4.78 is 5.31. The second-order valence-corrected chi connectivity index (χ2v) is 9.48. The molecule has 0 aliphatic heterocycles. The van der Waals surface area contributed by atoms with Crippen molar-refractivity contribution in [1.29, 1.82) is 0 Å². The number of halogens is 1. The molecule has 0 saturated carbocycles. The van der Waals surface area contributed by atoms with E-state index >= 15 is 0 Å². The minimum atomic E-state index is -0.178. The van der Waals surface area contributed by atoms with Crippen molar-refractivity contribution in [3.05, 3.63) is 93.8 Å². The summed E-state index contributed by atoms with van der Waals surface area (Å²) in [7, 11) is 0. The highest BCUT2D eigenvalue weighted by atomic mass is 35.5. The smallest absolute Gasteiger partial charge is 0.258 e. The van der Waals surface area contributed by atoms with E-state index in [1.807, 2.05) is 43.7 Å². The highest BCUT2D eigenvalue weighted by molar-refractivity contribution is 7.98. The lowest BCUT2D eigenvalue weighted by Gasteiger charge is -2.07. The van der Waals surface area contributed by atoms with E-state index in [1.165, 1.54) is 22.2 Å². The molecule has 0 unspecified atom stereocenters. The Balaban J connectivity index is 1.35. The largest absolute Gasteiger partial charge is 0.334 e. The summed E-state index contributed by atoms with van der Waals surface area (Å²) in [5.74, 6) is 1.19. The number of thioether (sulfide) groups is 1. The average Bonchev–Trinajstić information content (AvgIpc) is 3.48. The molecular formula is C24H19ClN8OS. The van der Waals surface area contributed by atoms with Crippen LogP contribution in [0.4, 0.5) is 0 Å². The molecule has 35 heavy (non-hydrogen) atoms. The van der Waals surface area contributed by atoms with Crippen LogP contribution in [0.25, 0.3) is 22.2 Å². The van der Waals surface area contributed by atoms with E-state index in [2.05, 4.69) is 14.5 Å². The van der Waals surface area contributed by atoms with Gasteiger partial charge in [0.05, 0.1) is 22.6 Å². The van der Waals surface area contributed by atoms with Crippen LogP contribution in [0.15, 0.2) is 71.1 Å². The fraction of sp³-hybridized carbons (Fsp3) is 0.167. The first-order valence-electron chi connectivity index (χ1n) is 11.0. The van der Waals surface area contributed by atoms with Crippen molar-refractivity contribution >= 4 is 45.6 Å². The zero-order valence-corrected chi connectivity index (χ0v) is 20.2. The minimum Gasteiger partial charge on any atom is -0.334 e. The van der Waals surface area contributed by atoms with Crippen molar-refractivity contribution in [2.75, 3.05) is 0 Å². The van der Waals surface area contributed by atoms with E-state index in [-0.39, 0.29) is 5.56 Å². The van der Waals surface area contributed by atoms with E-state index in [0.29, 0.717) is 33.7 Å². The molecular weight excluding hydrogens is 484 g/mol. The second kappa shape index (κ2) is 8.79. The number of fused-ring (bicyclic) bond motifs is 4. The molecule has 9 nitrogen and oxygen atoms in total. The zero-order chi connectivity index (χ0) is 23.9. The number of imidazole rings is 1. The van der Waals surface area contributed by atoms with Crippen LogP contribution in [-0.2, 0) is 18.7 Å². The maximum Gasteiger partial charge on any atom is 0.258 e. The van der Waals surface area contributed by atoms with Gasteiger partial charge in [0.1, 0.15) is 5.65 Å². The van der Waals surface area contributed by atoms with Gasteiger partial charge in [-0.15, -0.1) is 5.10 Å². The zero-order valence-electron chi connectivity index (χ0n) is 18.7. The lowest BCUT2D eigenvalue weighted by atomic mass is 10.2. The summed E-state index contributed by atoms with van der Waals surface area (Å²) >= 11 is 7.48. The molecule has 0 atom stereocenters. The van der Waals surface area contributed by atoms with Gasteiger partial charge in [0.25, 0.3) is 5.56 Å². The van der Waals surface area contributed by atoms with Crippen LogP contribution in [0.5, 0.6) is 0 Å². The van der Waals surface area contributed by atoms with Gasteiger partial charge in [0.2, 0.25) is 0 Å². The van der Waals surface area contributed by atoms with Crippen LogP contribution in [0.2, 0.25) is 5.02 Å². The number of aromatic nitrogens is 8. The second-order valence-electron chi connectivity index (χ2n) is 8.10. The molecule has 0 aliphatic carbocycles. The third-order valence-corrected chi connectivity index (χ3v) is 6.90. The van der Waals surface area contributed by atoms with E-state index in [1.54, 1.807) is 22.8 Å². The summed E-state index contributed by atoms with van der Waals surface area (Å²) in [4.78, 5) is 31.0. The molecule has 1 aromatic carbocycles. The molecule has 0 bridgehead atoms. The Kier molecular flexibility index (Phi) is 5.46. The monoisotopic (exact) mass is 502 g/mol. The van der Waals surface area contributed by atoms with Gasteiger partial charge in [-0.1, -0.05) is 35.5 Å². The standard InChI is InChI=1S/C24H19ClN8OS/c1-15-11-26-14-31(15)9-8-20-29-23-18-4-2-3-5-19(18)28-24(33(23)30-20)35-13-17-10-22(34)32-12-16(25)6-7-21(32)27-17/h2-7,10-12,14H,8-9,13H2,1H3. The van der Waals surface area contributed by atoms with Gasteiger partial charge in [-0.05, 0) is 31.2 Å². The molecule has 5 aromatic heterocycles. The first kappa shape index (κ1) is 21.8. The quantitative estimate of drug-likeness (QED) is 0.251. The number of rotatable bonds is 6. The van der Waals surface area contributed by atoms with Crippen LogP contribution in [0, 0.1) is 6.92 Å². The number of hydrogen-bond acceptors (Lipinski definition) is 7. The molecule has 0 N–H and O–H groups in total. The van der Waals surface area contributed by atoms with Crippen molar-refractivity contribution in [1.82, 2.24) is 38.5 Å². The Hall–Kier alpha value is -3.76. The van der Waals surface area contributed by atoms with Crippen molar-refractivity contribution < 1.29 is 0 Å². The van der Waals surface area contributed by atoms with Crippen molar-refractivity contribution in [2.24, 2.45) is 0 Å². The van der Waals surface area contributed by atoms with Crippen LogP contribution < -0.4 is 5.56 Å². The van der Waals surface area contributed by atoms with E-state index in [4.69, 9.17) is 26.7 Å². The highest BCUT2D eigenvalue weighted by Crippen LogP contribution is 2.26. The molecule has 0 aliphatic rings. The number of pyridine rings is 1. The molecule has 0 saturated heterocycles. The van der Waals surface area contributed by atoms with Crippen molar-refractivity contribution in [3.8, 4) is 0 Å². The van der Waals surface area contributed by atoms with Gasteiger partial charge in [-0.3, -0.25) is 9.20 Å². The molecule has 6 aromatic rings. The van der Waals surface area contributed by atoms with Gasteiger partial charge < -0.3 is 4.57 Å². The minimum absolute atomic E-state index is 0.178. The van der Waals surface area contributed by atoms with Crippen LogP contribution >= 0.6 is 23.4 Å². The third kappa shape index (κ3) is 4.15. The van der Waals surface area contributed by atoms with Gasteiger partial charge in [0.15, 0.2) is 16.6 Å². The molecule has 11 heteroatoms. The van der Waals surface area contributed by atoms with Crippen molar-refractivity contribution in [2.45, 2.75) is 30.8 Å². The Labute approximate surface area is 208 Å². The number of benzene rings is 1. The topological polar surface area (TPSA) is 95.3 Å². The van der Waals surface area contributed by atoms with Crippen LogP contribution in [0.1, 0.15) is 17.2 Å². The maximum atomic E-state index is 12.6.